The molecule has 0 saturated heterocycles. The van der Waals surface area contributed by atoms with Gasteiger partial charge in [0, 0.05) is 5.69 Å². The van der Waals surface area contributed by atoms with E-state index in [2.05, 4.69) is 19.9 Å². The summed E-state index contributed by atoms with van der Waals surface area (Å²) in [5, 5.41) is 1.19. The van der Waals surface area contributed by atoms with Gasteiger partial charge in [-0.1, -0.05) is 31.2 Å². The van der Waals surface area contributed by atoms with E-state index >= 15 is 0 Å². The molecular weight excluding hydrogens is 409 g/mol. The van der Waals surface area contributed by atoms with Gasteiger partial charge in [0.2, 0.25) is 5.95 Å². The number of nitrogen functional groups attached to an aromatic ring is 2. The van der Waals surface area contributed by atoms with Gasteiger partial charge in [0.05, 0.1) is 17.4 Å². The number of hydrogen-bond acceptors (Lipinski definition) is 6. The van der Waals surface area contributed by atoms with Gasteiger partial charge in [0.1, 0.15) is 11.3 Å². The van der Waals surface area contributed by atoms with Gasteiger partial charge in [-0.25, -0.2) is 9.37 Å². The van der Waals surface area contributed by atoms with E-state index in [0.717, 1.165) is 28.8 Å². The molecule has 0 atom stereocenters. The molecule has 32 heavy (non-hydrogen) atoms. The molecule has 0 spiro atoms. The van der Waals surface area contributed by atoms with Crippen LogP contribution in [0.3, 0.4) is 0 Å². The fourth-order valence-electron chi connectivity index (χ4n) is 3.55. The number of aromatic nitrogens is 5. The number of aryl methyl sites for hydroxylation is 2. The molecular formula is C23H22FN7O. The van der Waals surface area contributed by atoms with Crippen molar-refractivity contribution >= 4 is 33.7 Å². The molecule has 3 heterocycles. The van der Waals surface area contributed by atoms with Crippen molar-refractivity contribution in [3.63, 3.8) is 0 Å². The van der Waals surface area contributed by atoms with Crippen molar-refractivity contribution in [3.05, 3.63) is 82.3 Å². The van der Waals surface area contributed by atoms with Crippen LogP contribution < -0.4 is 17.0 Å². The highest BCUT2D eigenvalue weighted by molar-refractivity contribution is 5.83. The maximum Gasteiger partial charge on any atom is 0.263 e. The summed E-state index contributed by atoms with van der Waals surface area (Å²) in [5.74, 6) is 0.0762. The monoisotopic (exact) mass is 431 g/mol. The Balaban J connectivity index is 0.000000186. The van der Waals surface area contributed by atoms with Gasteiger partial charge < -0.3 is 16.5 Å². The van der Waals surface area contributed by atoms with Crippen LogP contribution in [0.2, 0.25) is 0 Å². The summed E-state index contributed by atoms with van der Waals surface area (Å²) in [4.78, 5) is 27.1. The molecule has 5 N–H and O–H groups in total. The van der Waals surface area contributed by atoms with Crippen LogP contribution in [0.15, 0.2) is 59.7 Å². The molecule has 5 rings (SSSR count). The lowest BCUT2D eigenvalue weighted by atomic mass is 10.1. The standard InChI is InChI=1S/C18H16FNO.C5H6N6/c1-3-15-10-13-8-9-14(19)11-16(13)18(21)20(15)17-7-5-4-6-12(17)2;6-3-2-4(9-1-8-2)11-5(7)10-3/h4-11H,3H2,1-2H3;1H,(H5,6,7,8,9,10,11). The van der Waals surface area contributed by atoms with Crippen LogP contribution in [-0.2, 0) is 6.42 Å². The molecule has 2 aromatic carbocycles. The van der Waals surface area contributed by atoms with E-state index in [4.69, 9.17) is 11.5 Å². The summed E-state index contributed by atoms with van der Waals surface area (Å²) in [6, 6.07) is 14.1. The minimum absolute atomic E-state index is 0.141. The second-order valence-corrected chi connectivity index (χ2v) is 7.22. The van der Waals surface area contributed by atoms with E-state index in [1.165, 1.54) is 18.5 Å². The molecule has 0 aliphatic carbocycles. The number of imidazole rings is 1. The van der Waals surface area contributed by atoms with Crippen LogP contribution in [0, 0.1) is 12.7 Å². The molecule has 5 aromatic rings. The van der Waals surface area contributed by atoms with Gasteiger partial charge in [-0.15, -0.1) is 0 Å². The third-order valence-electron chi connectivity index (χ3n) is 5.11. The maximum absolute atomic E-state index is 13.5. The number of fused-ring (bicyclic) bond motifs is 2. The first-order valence-electron chi connectivity index (χ1n) is 10.0. The number of pyridine rings is 1. The molecule has 0 amide bonds. The average Bonchev–Trinajstić information content (AvgIpc) is 3.24. The Morgan fingerprint density at radius 2 is 1.88 bits per heavy atom. The Bertz CT molecular complexity index is 1490. The Hall–Kier alpha value is -4.27. The van der Waals surface area contributed by atoms with E-state index in [9.17, 15) is 9.18 Å². The Morgan fingerprint density at radius 3 is 2.62 bits per heavy atom. The predicted molar refractivity (Wildman–Crippen MR) is 124 cm³/mol. The smallest absolute Gasteiger partial charge is 0.263 e. The molecule has 9 heteroatoms. The quantitative estimate of drug-likeness (QED) is 0.392. The zero-order valence-electron chi connectivity index (χ0n) is 17.6. The number of H-pyrrole nitrogens is 1. The van der Waals surface area contributed by atoms with Crippen molar-refractivity contribution in [3.8, 4) is 5.69 Å². The highest BCUT2D eigenvalue weighted by Crippen LogP contribution is 2.19. The van der Waals surface area contributed by atoms with E-state index in [-0.39, 0.29) is 17.3 Å². The lowest BCUT2D eigenvalue weighted by Gasteiger charge is -2.15. The Morgan fingerprint density at radius 1 is 1.09 bits per heavy atom. The summed E-state index contributed by atoms with van der Waals surface area (Å²) in [5.41, 5.74) is 14.6. The van der Waals surface area contributed by atoms with Crippen molar-refractivity contribution in [2.45, 2.75) is 20.3 Å². The van der Waals surface area contributed by atoms with Crippen LogP contribution in [-0.4, -0.2) is 24.5 Å². The molecule has 0 unspecified atom stereocenters. The fraction of sp³-hybridized carbons (Fsp3) is 0.130. The molecule has 3 aromatic heterocycles. The van der Waals surface area contributed by atoms with E-state index < -0.39 is 0 Å². The van der Waals surface area contributed by atoms with Gasteiger partial charge in [-0.2, -0.15) is 9.97 Å². The van der Waals surface area contributed by atoms with Gasteiger partial charge in [-0.3, -0.25) is 9.36 Å². The summed E-state index contributed by atoms with van der Waals surface area (Å²) in [6.07, 6.45) is 2.23. The van der Waals surface area contributed by atoms with Crippen molar-refractivity contribution in [2.75, 3.05) is 11.5 Å². The molecule has 0 saturated carbocycles. The van der Waals surface area contributed by atoms with Crippen molar-refractivity contribution in [1.82, 2.24) is 24.5 Å². The molecule has 0 bridgehead atoms. The third kappa shape index (κ3) is 3.87. The Kier molecular flexibility index (Phi) is 5.55. The number of aromatic amines is 1. The second kappa shape index (κ2) is 8.46. The normalized spacial score (nSPS) is 10.8. The first-order valence-corrected chi connectivity index (χ1v) is 10.0. The number of nitrogens with one attached hydrogen (secondary N) is 1. The molecule has 162 valence electrons. The summed E-state index contributed by atoms with van der Waals surface area (Å²) < 4.78 is 15.2. The van der Waals surface area contributed by atoms with Crippen LogP contribution in [0.1, 0.15) is 18.2 Å². The molecule has 8 nitrogen and oxygen atoms in total. The van der Waals surface area contributed by atoms with Gasteiger partial charge >= 0.3 is 0 Å². The molecule has 0 radical (unpaired) electrons. The lowest BCUT2D eigenvalue weighted by Crippen LogP contribution is -2.22. The number of rotatable bonds is 2. The van der Waals surface area contributed by atoms with Gasteiger partial charge in [0.25, 0.3) is 5.56 Å². The maximum atomic E-state index is 13.5. The Labute approximate surface area is 182 Å². The third-order valence-corrected chi connectivity index (χ3v) is 5.11. The number of halogens is 1. The van der Waals surface area contributed by atoms with E-state index in [1.54, 1.807) is 10.6 Å². The number of para-hydroxylation sites is 1. The summed E-state index contributed by atoms with van der Waals surface area (Å²) in [6.45, 7) is 3.98. The van der Waals surface area contributed by atoms with Crippen LogP contribution in [0.4, 0.5) is 16.2 Å². The summed E-state index contributed by atoms with van der Waals surface area (Å²) >= 11 is 0. The number of anilines is 2. The highest BCUT2D eigenvalue weighted by Gasteiger charge is 2.12. The van der Waals surface area contributed by atoms with Gasteiger partial charge in [-0.05, 0) is 48.6 Å². The van der Waals surface area contributed by atoms with Crippen molar-refractivity contribution < 1.29 is 4.39 Å². The van der Waals surface area contributed by atoms with E-state index in [0.29, 0.717) is 22.4 Å². The number of nitrogens with zero attached hydrogens (tertiary/aromatic N) is 4. The summed E-state index contributed by atoms with van der Waals surface area (Å²) in [7, 11) is 0. The fourth-order valence-corrected chi connectivity index (χ4v) is 3.55. The van der Waals surface area contributed by atoms with Crippen LogP contribution >= 0.6 is 0 Å². The SMILES string of the molecule is CCc1cc2ccc(F)cc2c(=O)n1-c1ccccc1C.Nc1nc(N)c2[nH]cnc2n1. The highest BCUT2D eigenvalue weighted by atomic mass is 19.1. The van der Waals surface area contributed by atoms with Crippen molar-refractivity contribution in [1.29, 1.82) is 0 Å². The lowest BCUT2D eigenvalue weighted by molar-refractivity contribution is 0.629. The van der Waals surface area contributed by atoms with Crippen LogP contribution in [0.25, 0.3) is 27.6 Å². The minimum atomic E-state index is -0.389. The second-order valence-electron chi connectivity index (χ2n) is 7.22. The topological polar surface area (TPSA) is 128 Å². The minimum Gasteiger partial charge on any atom is -0.382 e. The zero-order chi connectivity index (χ0) is 22.8. The average molecular weight is 431 g/mol. The predicted octanol–water partition coefficient (Wildman–Crippen LogP) is 3.52. The first kappa shape index (κ1) is 21.0. The number of nitrogens with two attached hydrogens (primary N) is 2. The van der Waals surface area contributed by atoms with Gasteiger partial charge in [0.15, 0.2) is 11.5 Å². The molecule has 0 aliphatic rings. The molecule has 0 fully saturated rings. The van der Waals surface area contributed by atoms with Crippen molar-refractivity contribution in [2.24, 2.45) is 0 Å². The number of benzene rings is 2. The largest absolute Gasteiger partial charge is 0.382 e. The first-order chi connectivity index (χ1) is 15.4. The molecule has 0 aliphatic heterocycles. The zero-order valence-corrected chi connectivity index (χ0v) is 17.6. The number of hydrogen-bond donors (Lipinski definition) is 3. The van der Waals surface area contributed by atoms with Crippen LogP contribution in [0.5, 0.6) is 0 Å². The van der Waals surface area contributed by atoms with E-state index in [1.807, 2.05) is 44.2 Å².